The first-order chi connectivity index (χ1) is 7.84. The lowest BCUT2D eigenvalue weighted by atomic mass is 9.97. The van der Waals surface area contributed by atoms with Crippen LogP contribution in [0.15, 0.2) is 24.4 Å². The smallest absolute Gasteiger partial charge is 0.0711 e. The molecule has 3 rings (SSSR count). The van der Waals surface area contributed by atoms with E-state index in [-0.39, 0.29) is 0 Å². The molecule has 0 spiro atoms. The molecule has 0 aliphatic carbocycles. The molecule has 0 radical (unpaired) electrons. The molecule has 1 aliphatic rings. The predicted octanol–water partition coefficient (Wildman–Crippen LogP) is 1.73. The van der Waals surface area contributed by atoms with E-state index in [1.807, 2.05) is 17.9 Å². The minimum absolute atomic E-state index is 0.792. The summed E-state index contributed by atoms with van der Waals surface area (Å²) in [5.41, 5.74) is 2.74. The second kappa shape index (κ2) is 3.91. The summed E-state index contributed by atoms with van der Waals surface area (Å²) in [6.45, 7) is 2.33. The summed E-state index contributed by atoms with van der Waals surface area (Å²) in [5.74, 6) is 0.792. The Morgan fingerprint density at radius 1 is 1.50 bits per heavy atom. The summed E-state index contributed by atoms with van der Waals surface area (Å²) >= 11 is 0. The van der Waals surface area contributed by atoms with Crippen LogP contribution < -0.4 is 5.32 Å². The second-order valence-corrected chi connectivity index (χ2v) is 4.69. The molecule has 1 aromatic carbocycles. The zero-order valence-corrected chi connectivity index (χ0v) is 9.61. The number of nitrogens with zero attached hydrogens (tertiary/aromatic N) is 2. The number of aryl methyl sites for hydroxylation is 1. The topological polar surface area (TPSA) is 29.9 Å². The molecule has 3 nitrogen and oxygen atoms in total. The van der Waals surface area contributed by atoms with E-state index in [0.717, 1.165) is 12.5 Å². The van der Waals surface area contributed by atoms with Crippen molar-refractivity contribution in [3.63, 3.8) is 0 Å². The van der Waals surface area contributed by atoms with Crippen LogP contribution in [-0.4, -0.2) is 22.9 Å². The molecule has 1 fully saturated rings. The van der Waals surface area contributed by atoms with Gasteiger partial charge in [-0.1, -0.05) is 18.2 Å². The minimum atomic E-state index is 0.792. The lowest BCUT2D eigenvalue weighted by molar-refractivity contribution is 0.580. The van der Waals surface area contributed by atoms with Crippen molar-refractivity contribution >= 4 is 10.9 Å². The highest BCUT2D eigenvalue weighted by molar-refractivity contribution is 5.81. The van der Waals surface area contributed by atoms with Crippen LogP contribution in [0.4, 0.5) is 0 Å². The van der Waals surface area contributed by atoms with E-state index in [1.54, 1.807) is 0 Å². The maximum atomic E-state index is 4.33. The fourth-order valence-electron chi connectivity index (χ4n) is 2.68. The lowest BCUT2D eigenvalue weighted by Gasteiger charge is -2.10. The molecule has 1 aliphatic heterocycles. The zero-order valence-electron chi connectivity index (χ0n) is 9.61. The van der Waals surface area contributed by atoms with Crippen LogP contribution in [0.5, 0.6) is 0 Å². The van der Waals surface area contributed by atoms with Crippen molar-refractivity contribution in [1.29, 1.82) is 0 Å². The molecule has 1 saturated heterocycles. The molecule has 2 aromatic rings. The van der Waals surface area contributed by atoms with Gasteiger partial charge in [0, 0.05) is 12.4 Å². The summed E-state index contributed by atoms with van der Waals surface area (Å²) in [5, 5.41) is 9.01. The Hall–Kier alpha value is -1.35. The molecular weight excluding hydrogens is 198 g/mol. The zero-order chi connectivity index (χ0) is 11.0. The van der Waals surface area contributed by atoms with E-state index < -0.39 is 0 Å². The Balaban J connectivity index is 1.98. The number of para-hydroxylation sites is 1. The van der Waals surface area contributed by atoms with Crippen molar-refractivity contribution in [1.82, 2.24) is 15.1 Å². The van der Waals surface area contributed by atoms with Gasteiger partial charge in [-0.3, -0.25) is 4.68 Å². The standard InChI is InChI=1S/C13H17N3/c1-16-13-11(7-10-5-6-14-8-10)3-2-4-12(13)9-15-16/h2-4,9-10,14H,5-8H2,1H3. The van der Waals surface area contributed by atoms with E-state index >= 15 is 0 Å². The van der Waals surface area contributed by atoms with E-state index in [1.165, 1.54) is 35.9 Å². The van der Waals surface area contributed by atoms with Gasteiger partial charge in [0.2, 0.25) is 0 Å². The highest BCUT2D eigenvalue weighted by Gasteiger charge is 2.16. The second-order valence-electron chi connectivity index (χ2n) is 4.69. The van der Waals surface area contributed by atoms with Crippen LogP contribution >= 0.6 is 0 Å². The van der Waals surface area contributed by atoms with Gasteiger partial charge in [-0.2, -0.15) is 5.10 Å². The molecule has 0 bridgehead atoms. The molecule has 1 N–H and O–H groups in total. The van der Waals surface area contributed by atoms with Crippen molar-refractivity contribution in [2.45, 2.75) is 12.8 Å². The molecule has 0 saturated carbocycles. The van der Waals surface area contributed by atoms with E-state index in [9.17, 15) is 0 Å². The summed E-state index contributed by atoms with van der Waals surface area (Å²) in [6, 6.07) is 6.52. The van der Waals surface area contributed by atoms with Gasteiger partial charge in [-0.25, -0.2) is 0 Å². The molecule has 3 heteroatoms. The van der Waals surface area contributed by atoms with Gasteiger partial charge in [0.25, 0.3) is 0 Å². The Kier molecular flexibility index (Phi) is 2.40. The number of hydrogen-bond donors (Lipinski definition) is 1. The maximum Gasteiger partial charge on any atom is 0.0711 e. The first kappa shape index (κ1) is 9.85. The molecule has 84 valence electrons. The summed E-state index contributed by atoms with van der Waals surface area (Å²) in [7, 11) is 2.03. The number of fused-ring (bicyclic) bond motifs is 1. The number of benzene rings is 1. The quantitative estimate of drug-likeness (QED) is 0.826. The first-order valence-corrected chi connectivity index (χ1v) is 5.95. The molecular formula is C13H17N3. The van der Waals surface area contributed by atoms with Crippen molar-refractivity contribution in [2.24, 2.45) is 13.0 Å². The summed E-state index contributed by atoms with van der Waals surface area (Å²) in [6.07, 6.45) is 4.42. The van der Waals surface area contributed by atoms with E-state index in [4.69, 9.17) is 0 Å². The molecule has 2 heterocycles. The van der Waals surface area contributed by atoms with Gasteiger partial charge >= 0.3 is 0 Å². The van der Waals surface area contributed by atoms with Crippen molar-refractivity contribution in [2.75, 3.05) is 13.1 Å². The average molecular weight is 215 g/mol. The van der Waals surface area contributed by atoms with Gasteiger partial charge in [-0.05, 0) is 37.4 Å². The molecule has 0 amide bonds. The third-order valence-electron chi connectivity index (χ3n) is 3.52. The fourth-order valence-corrected chi connectivity index (χ4v) is 2.68. The Morgan fingerprint density at radius 2 is 2.44 bits per heavy atom. The minimum Gasteiger partial charge on any atom is -0.316 e. The SMILES string of the molecule is Cn1ncc2cccc(CC3CCNC3)c21. The number of aromatic nitrogens is 2. The van der Waals surface area contributed by atoms with Gasteiger partial charge in [0.15, 0.2) is 0 Å². The third kappa shape index (κ3) is 1.61. The Morgan fingerprint density at radius 3 is 3.25 bits per heavy atom. The molecule has 16 heavy (non-hydrogen) atoms. The van der Waals surface area contributed by atoms with Crippen LogP contribution in [0.1, 0.15) is 12.0 Å². The number of nitrogens with one attached hydrogen (secondary N) is 1. The van der Waals surface area contributed by atoms with Crippen LogP contribution in [0, 0.1) is 5.92 Å². The van der Waals surface area contributed by atoms with Crippen LogP contribution in [0.2, 0.25) is 0 Å². The van der Waals surface area contributed by atoms with Gasteiger partial charge in [-0.15, -0.1) is 0 Å². The number of rotatable bonds is 2. The van der Waals surface area contributed by atoms with Crippen LogP contribution in [0.25, 0.3) is 10.9 Å². The monoisotopic (exact) mass is 215 g/mol. The van der Waals surface area contributed by atoms with Gasteiger partial charge < -0.3 is 5.32 Å². The fraction of sp³-hybridized carbons (Fsp3) is 0.462. The highest BCUT2D eigenvalue weighted by atomic mass is 15.2. The number of hydrogen-bond acceptors (Lipinski definition) is 2. The molecule has 1 atom stereocenters. The summed E-state index contributed by atoms with van der Waals surface area (Å²) in [4.78, 5) is 0. The Bertz CT molecular complexity index is 495. The van der Waals surface area contributed by atoms with E-state index in [2.05, 4.69) is 28.6 Å². The first-order valence-electron chi connectivity index (χ1n) is 5.95. The largest absolute Gasteiger partial charge is 0.316 e. The van der Waals surface area contributed by atoms with Crippen LogP contribution in [0.3, 0.4) is 0 Å². The van der Waals surface area contributed by atoms with Gasteiger partial charge in [0.05, 0.1) is 11.7 Å². The lowest BCUT2D eigenvalue weighted by Crippen LogP contribution is -2.11. The normalized spacial score (nSPS) is 20.7. The van der Waals surface area contributed by atoms with Crippen molar-refractivity contribution in [3.8, 4) is 0 Å². The predicted molar refractivity (Wildman–Crippen MR) is 65.4 cm³/mol. The van der Waals surface area contributed by atoms with E-state index in [0.29, 0.717) is 0 Å². The highest BCUT2D eigenvalue weighted by Crippen LogP contribution is 2.22. The van der Waals surface area contributed by atoms with Crippen LogP contribution in [-0.2, 0) is 13.5 Å². The van der Waals surface area contributed by atoms with Crippen molar-refractivity contribution in [3.05, 3.63) is 30.0 Å². The maximum absolute atomic E-state index is 4.33. The average Bonchev–Trinajstić information content (AvgIpc) is 2.90. The molecule has 1 unspecified atom stereocenters. The summed E-state index contributed by atoms with van der Waals surface area (Å²) < 4.78 is 1.99. The van der Waals surface area contributed by atoms with Crippen molar-refractivity contribution < 1.29 is 0 Å². The Labute approximate surface area is 95.5 Å². The third-order valence-corrected chi connectivity index (χ3v) is 3.52. The molecule has 1 aromatic heterocycles. The van der Waals surface area contributed by atoms with Gasteiger partial charge in [0.1, 0.15) is 0 Å².